The summed E-state index contributed by atoms with van der Waals surface area (Å²) in [5.74, 6) is 0.102. The van der Waals surface area contributed by atoms with Crippen molar-refractivity contribution in [2.24, 2.45) is 5.10 Å². The summed E-state index contributed by atoms with van der Waals surface area (Å²) < 4.78 is 7.04. The number of hydrazone groups is 1. The lowest BCUT2D eigenvalue weighted by Crippen LogP contribution is -2.20. The van der Waals surface area contributed by atoms with Crippen LogP contribution in [0.15, 0.2) is 34.9 Å². The minimum Gasteiger partial charge on any atom is -0.504 e. The van der Waals surface area contributed by atoms with Gasteiger partial charge in [0.2, 0.25) is 0 Å². The third-order valence-electron chi connectivity index (χ3n) is 3.31. The van der Waals surface area contributed by atoms with Crippen LogP contribution in [-0.4, -0.2) is 33.2 Å². The van der Waals surface area contributed by atoms with Crippen LogP contribution in [-0.2, 0) is 0 Å². The first-order chi connectivity index (χ1) is 11.6. The normalized spacial score (nSPS) is 11.2. The van der Waals surface area contributed by atoms with Crippen molar-refractivity contribution in [3.05, 3.63) is 46.7 Å². The topological polar surface area (TPSA) is 88.2 Å². The number of hydrogen-bond donors (Lipinski definition) is 2. The SMILES string of the molecule is CCOc1cc(/C=N/NC(=O)c2c(C)nc3sccn23)ccc1O. The van der Waals surface area contributed by atoms with Crippen LogP contribution in [0.4, 0.5) is 0 Å². The molecular weight excluding hydrogens is 328 g/mol. The largest absolute Gasteiger partial charge is 0.504 e. The summed E-state index contributed by atoms with van der Waals surface area (Å²) in [5, 5.41) is 15.5. The molecule has 0 unspecified atom stereocenters. The molecular formula is C16H16N4O3S. The summed E-state index contributed by atoms with van der Waals surface area (Å²) in [7, 11) is 0. The van der Waals surface area contributed by atoms with Crippen LogP contribution in [0.3, 0.4) is 0 Å². The van der Waals surface area contributed by atoms with E-state index in [1.165, 1.54) is 23.6 Å². The zero-order valence-corrected chi connectivity index (χ0v) is 14.0. The van der Waals surface area contributed by atoms with Crippen LogP contribution in [0.5, 0.6) is 11.5 Å². The summed E-state index contributed by atoms with van der Waals surface area (Å²) >= 11 is 1.46. The highest BCUT2D eigenvalue weighted by molar-refractivity contribution is 7.15. The van der Waals surface area contributed by atoms with Gasteiger partial charge in [0.05, 0.1) is 18.5 Å². The Morgan fingerprint density at radius 1 is 1.54 bits per heavy atom. The lowest BCUT2D eigenvalue weighted by molar-refractivity contribution is 0.0948. The number of rotatable bonds is 5. The molecule has 3 aromatic rings. The van der Waals surface area contributed by atoms with Gasteiger partial charge in [0, 0.05) is 11.6 Å². The molecule has 0 atom stereocenters. The van der Waals surface area contributed by atoms with Crippen molar-refractivity contribution in [3.8, 4) is 11.5 Å². The van der Waals surface area contributed by atoms with Gasteiger partial charge in [0.15, 0.2) is 16.5 Å². The van der Waals surface area contributed by atoms with E-state index in [1.807, 2.05) is 12.3 Å². The van der Waals surface area contributed by atoms with E-state index < -0.39 is 0 Å². The van der Waals surface area contributed by atoms with E-state index in [-0.39, 0.29) is 11.7 Å². The molecule has 124 valence electrons. The number of amides is 1. The fraction of sp³-hybridized carbons (Fsp3) is 0.188. The molecule has 2 aromatic heterocycles. The third-order valence-corrected chi connectivity index (χ3v) is 4.07. The van der Waals surface area contributed by atoms with Crippen LogP contribution >= 0.6 is 11.3 Å². The number of nitrogens with zero attached hydrogens (tertiary/aromatic N) is 3. The van der Waals surface area contributed by atoms with Crippen molar-refractivity contribution in [1.82, 2.24) is 14.8 Å². The molecule has 0 fully saturated rings. The second-order valence-corrected chi connectivity index (χ2v) is 5.83. The molecule has 1 aromatic carbocycles. The number of nitrogens with one attached hydrogen (secondary N) is 1. The number of benzene rings is 1. The fourth-order valence-corrected chi connectivity index (χ4v) is 3.03. The summed E-state index contributed by atoms with van der Waals surface area (Å²) in [4.78, 5) is 17.4. The first-order valence-corrected chi connectivity index (χ1v) is 8.19. The summed E-state index contributed by atoms with van der Waals surface area (Å²) in [5.41, 5.74) is 4.30. The Hall–Kier alpha value is -2.87. The number of carbonyl (C=O) groups is 1. The summed E-state index contributed by atoms with van der Waals surface area (Å²) in [6.45, 7) is 4.06. The van der Waals surface area contributed by atoms with E-state index in [9.17, 15) is 9.90 Å². The van der Waals surface area contributed by atoms with Gasteiger partial charge in [-0.05, 0) is 37.6 Å². The Bertz CT molecular complexity index is 913. The first-order valence-electron chi connectivity index (χ1n) is 7.31. The molecule has 0 aliphatic carbocycles. The number of aromatic nitrogens is 2. The monoisotopic (exact) mass is 344 g/mol. The van der Waals surface area contributed by atoms with Gasteiger partial charge in [-0.25, -0.2) is 10.4 Å². The van der Waals surface area contributed by atoms with Crippen LogP contribution in [0.25, 0.3) is 4.96 Å². The molecule has 7 nitrogen and oxygen atoms in total. The zero-order valence-electron chi connectivity index (χ0n) is 13.2. The smallest absolute Gasteiger partial charge is 0.290 e. The van der Waals surface area contributed by atoms with Crippen molar-refractivity contribution >= 4 is 28.4 Å². The molecule has 0 bridgehead atoms. The number of aryl methyl sites for hydroxylation is 1. The molecule has 8 heteroatoms. The second kappa shape index (κ2) is 6.71. The Morgan fingerprint density at radius 2 is 2.38 bits per heavy atom. The average molecular weight is 344 g/mol. The van der Waals surface area contributed by atoms with Crippen LogP contribution < -0.4 is 10.2 Å². The molecule has 3 rings (SSSR count). The van der Waals surface area contributed by atoms with Crippen LogP contribution in [0.2, 0.25) is 0 Å². The predicted octanol–water partition coefficient (Wildman–Crippen LogP) is 2.57. The third kappa shape index (κ3) is 3.09. The second-order valence-electron chi connectivity index (χ2n) is 4.96. The number of thiazole rings is 1. The maximum Gasteiger partial charge on any atom is 0.290 e. The van der Waals surface area contributed by atoms with E-state index in [1.54, 1.807) is 29.7 Å². The number of fused-ring (bicyclic) bond motifs is 1. The number of aromatic hydroxyl groups is 1. The van der Waals surface area contributed by atoms with E-state index in [0.717, 1.165) is 4.96 Å². The first kappa shape index (κ1) is 16.0. The van der Waals surface area contributed by atoms with Gasteiger partial charge in [-0.15, -0.1) is 11.3 Å². The Kier molecular flexibility index (Phi) is 4.48. The number of phenols is 1. The highest BCUT2D eigenvalue weighted by Crippen LogP contribution is 2.26. The van der Waals surface area contributed by atoms with Gasteiger partial charge in [-0.1, -0.05) is 0 Å². The predicted molar refractivity (Wildman–Crippen MR) is 92.1 cm³/mol. The molecule has 0 spiro atoms. The molecule has 0 saturated heterocycles. The van der Waals surface area contributed by atoms with Crippen molar-refractivity contribution < 1.29 is 14.6 Å². The highest BCUT2D eigenvalue weighted by Gasteiger charge is 2.16. The van der Waals surface area contributed by atoms with Gasteiger partial charge < -0.3 is 9.84 Å². The fourth-order valence-electron chi connectivity index (χ4n) is 2.27. The number of carbonyl (C=O) groups excluding carboxylic acids is 1. The molecule has 24 heavy (non-hydrogen) atoms. The van der Waals surface area contributed by atoms with Crippen molar-refractivity contribution in [1.29, 1.82) is 0 Å². The summed E-state index contributed by atoms with van der Waals surface area (Å²) in [6.07, 6.45) is 3.29. The number of ether oxygens (including phenoxy) is 1. The molecule has 2 heterocycles. The van der Waals surface area contributed by atoms with Crippen molar-refractivity contribution in [2.75, 3.05) is 6.61 Å². The standard InChI is InChI=1S/C16H16N4O3S/c1-3-23-13-8-11(4-5-12(13)21)9-17-19-15(22)14-10(2)18-16-20(14)6-7-24-16/h4-9,21H,3H2,1-2H3,(H,19,22)/b17-9+. The van der Waals surface area contributed by atoms with Crippen molar-refractivity contribution in [2.45, 2.75) is 13.8 Å². The Labute approximate surface area is 142 Å². The zero-order chi connectivity index (χ0) is 17.1. The highest BCUT2D eigenvalue weighted by atomic mass is 32.1. The van der Waals surface area contributed by atoms with E-state index in [4.69, 9.17) is 4.74 Å². The lowest BCUT2D eigenvalue weighted by atomic mass is 10.2. The molecule has 0 saturated carbocycles. The summed E-state index contributed by atoms with van der Waals surface area (Å²) in [6, 6.07) is 4.84. The van der Waals surface area contributed by atoms with Gasteiger partial charge in [-0.2, -0.15) is 5.10 Å². The quantitative estimate of drug-likeness (QED) is 0.550. The van der Waals surface area contributed by atoms with Gasteiger partial charge in [-0.3, -0.25) is 9.20 Å². The van der Waals surface area contributed by atoms with E-state index in [0.29, 0.717) is 29.3 Å². The maximum atomic E-state index is 12.3. The number of phenolic OH excluding ortho intramolecular Hbond substituents is 1. The maximum absolute atomic E-state index is 12.3. The van der Waals surface area contributed by atoms with Gasteiger partial charge in [0.25, 0.3) is 5.91 Å². The minimum atomic E-state index is -0.335. The van der Waals surface area contributed by atoms with E-state index in [2.05, 4.69) is 15.5 Å². The molecule has 2 N–H and O–H groups in total. The van der Waals surface area contributed by atoms with E-state index >= 15 is 0 Å². The van der Waals surface area contributed by atoms with Gasteiger partial charge in [0.1, 0.15) is 5.69 Å². The van der Waals surface area contributed by atoms with Crippen LogP contribution in [0.1, 0.15) is 28.7 Å². The lowest BCUT2D eigenvalue weighted by Gasteiger charge is -2.06. The molecule has 0 aliphatic heterocycles. The van der Waals surface area contributed by atoms with Crippen LogP contribution in [0, 0.1) is 6.92 Å². The average Bonchev–Trinajstić information content (AvgIpc) is 3.10. The Balaban J connectivity index is 1.74. The van der Waals surface area contributed by atoms with Crippen molar-refractivity contribution in [3.63, 3.8) is 0 Å². The Morgan fingerprint density at radius 3 is 3.17 bits per heavy atom. The molecule has 1 amide bonds. The minimum absolute atomic E-state index is 0.0628. The van der Waals surface area contributed by atoms with Gasteiger partial charge >= 0.3 is 0 Å². The number of hydrogen-bond acceptors (Lipinski definition) is 6. The molecule has 0 aliphatic rings. The molecule has 0 radical (unpaired) electrons. The number of imidazole rings is 1.